The van der Waals surface area contributed by atoms with E-state index < -0.39 is 23.4 Å². The molecule has 0 spiro atoms. The number of aromatic nitrogens is 2. The summed E-state index contributed by atoms with van der Waals surface area (Å²) in [5.74, 6) is -0.531. The molecule has 1 aromatic rings. The Morgan fingerprint density at radius 1 is 1.60 bits per heavy atom. The summed E-state index contributed by atoms with van der Waals surface area (Å²) in [6.45, 7) is 2.02. The van der Waals surface area contributed by atoms with Crippen molar-refractivity contribution in [3.8, 4) is 0 Å². The first-order valence-electron chi connectivity index (χ1n) is 6.35. The van der Waals surface area contributed by atoms with Gasteiger partial charge in [0.05, 0.1) is 6.10 Å². The van der Waals surface area contributed by atoms with Gasteiger partial charge in [0.15, 0.2) is 0 Å². The Bertz CT molecular complexity index is 624. The van der Waals surface area contributed by atoms with E-state index in [9.17, 15) is 14.4 Å². The molecule has 8 heteroatoms. The van der Waals surface area contributed by atoms with Crippen molar-refractivity contribution in [1.29, 1.82) is 0 Å². The lowest BCUT2D eigenvalue weighted by Gasteiger charge is -2.15. The molecule has 3 atom stereocenters. The van der Waals surface area contributed by atoms with Crippen molar-refractivity contribution in [2.24, 2.45) is 0 Å². The van der Waals surface area contributed by atoms with E-state index in [2.05, 4.69) is 32.9 Å². The SMILES string of the molecule is CC[C@H]1O[C@@H](n2cc(C(=O)NC)c(=O)[nH]c2=O)CC1I. The van der Waals surface area contributed by atoms with Crippen molar-refractivity contribution in [1.82, 2.24) is 14.9 Å². The molecule has 2 rings (SSSR count). The van der Waals surface area contributed by atoms with Crippen molar-refractivity contribution in [2.75, 3.05) is 7.05 Å². The number of nitrogens with one attached hydrogen (secondary N) is 2. The quantitative estimate of drug-likeness (QED) is 0.574. The monoisotopic (exact) mass is 393 g/mol. The summed E-state index contributed by atoms with van der Waals surface area (Å²) in [5.41, 5.74) is -1.35. The predicted molar refractivity (Wildman–Crippen MR) is 81.3 cm³/mol. The molecule has 7 nitrogen and oxygen atoms in total. The van der Waals surface area contributed by atoms with Gasteiger partial charge >= 0.3 is 5.69 Å². The van der Waals surface area contributed by atoms with Gasteiger partial charge in [-0.15, -0.1) is 0 Å². The van der Waals surface area contributed by atoms with E-state index in [1.807, 2.05) is 6.92 Å². The number of amides is 1. The number of hydrogen-bond acceptors (Lipinski definition) is 4. The Morgan fingerprint density at radius 3 is 2.85 bits per heavy atom. The number of alkyl halides is 1. The Kier molecular flexibility index (Phi) is 4.63. The molecule has 20 heavy (non-hydrogen) atoms. The van der Waals surface area contributed by atoms with Gasteiger partial charge in [-0.25, -0.2) is 4.79 Å². The van der Waals surface area contributed by atoms with Gasteiger partial charge in [-0.05, 0) is 6.42 Å². The fraction of sp³-hybridized carbons (Fsp3) is 0.583. The van der Waals surface area contributed by atoms with Crippen LogP contribution in [0.2, 0.25) is 0 Å². The number of carbonyl (C=O) groups excluding carboxylic acids is 1. The number of halogens is 1. The van der Waals surface area contributed by atoms with Gasteiger partial charge in [0, 0.05) is 23.6 Å². The Labute approximate surface area is 128 Å². The van der Waals surface area contributed by atoms with E-state index in [-0.39, 0.29) is 11.7 Å². The zero-order valence-electron chi connectivity index (χ0n) is 11.2. The summed E-state index contributed by atoms with van der Waals surface area (Å²) in [7, 11) is 1.43. The highest BCUT2D eigenvalue weighted by Gasteiger charge is 2.34. The summed E-state index contributed by atoms with van der Waals surface area (Å²) in [6, 6.07) is 0. The summed E-state index contributed by atoms with van der Waals surface area (Å²) in [5, 5.41) is 2.37. The van der Waals surface area contributed by atoms with Crippen molar-refractivity contribution in [3.05, 3.63) is 32.6 Å². The maximum atomic E-state index is 11.9. The maximum absolute atomic E-state index is 11.9. The van der Waals surface area contributed by atoms with Gasteiger partial charge < -0.3 is 10.1 Å². The van der Waals surface area contributed by atoms with Gasteiger partial charge in [0.2, 0.25) is 0 Å². The molecule has 1 unspecified atom stereocenters. The number of aromatic amines is 1. The number of nitrogens with zero attached hydrogens (tertiary/aromatic N) is 1. The van der Waals surface area contributed by atoms with E-state index >= 15 is 0 Å². The molecule has 0 bridgehead atoms. The lowest BCUT2D eigenvalue weighted by molar-refractivity contribution is -0.000924. The zero-order valence-corrected chi connectivity index (χ0v) is 13.3. The van der Waals surface area contributed by atoms with Crippen LogP contribution in [0.4, 0.5) is 0 Å². The number of H-pyrrole nitrogens is 1. The lowest BCUT2D eigenvalue weighted by atomic mass is 10.2. The van der Waals surface area contributed by atoms with Gasteiger partial charge in [0.25, 0.3) is 11.5 Å². The molecular formula is C12H16IN3O4. The standard InChI is InChI=1S/C12H16IN3O4/c1-3-8-7(13)4-9(20-8)16-5-6(10(17)14-2)11(18)15-12(16)19/h5,7-9H,3-4H2,1-2H3,(H,14,17)(H,15,18,19)/t7?,8-,9-/m1/s1. The molecule has 1 aromatic heterocycles. The Hall–Kier alpha value is -1.16. The van der Waals surface area contributed by atoms with Crippen LogP contribution in [0.1, 0.15) is 36.4 Å². The second kappa shape index (κ2) is 6.08. The molecular weight excluding hydrogens is 377 g/mol. The molecule has 0 aliphatic carbocycles. The smallest absolute Gasteiger partial charge is 0.330 e. The Balaban J connectivity index is 2.40. The minimum absolute atomic E-state index is 0.0721. The van der Waals surface area contributed by atoms with Crippen LogP contribution in [-0.4, -0.2) is 32.5 Å². The van der Waals surface area contributed by atoms with E-state index in [1.54, 1.807) is 0 Å². The zero-order chi connectivity index (χ0) is 14.9. The molecule has 110 valence electrons. The van der Waals surface area contributed by atoms with Crippen LogP contribution in [0.15, 0.2) is 15.8 Å². The number of ether oxygens (including phenoxy) is 1. The van der Waals surface area contributed by atoms with Gasteiger partial charge in [-0.2, -0.15) is 0 Å². The normalized spacial score (nSPS) is 25.6. The van der Waals surface area contributed by atoms with Crippen LogP contribution >= 0.6 is 22.6 Å². The van der Waals surface area contributed by atoms with Crippen LogP contribution in [-0.2, 0) is 4.74 Å². The van der Waals surface area contributed by atoms with Crippen molar-refractivity contribution in [3.63, 3.8) is 0 Å². The first-order valence-corrected chi connectivity index (χ1v) is 7.59. The summed E-state index contributed by atoms with van der Waals surface area (Å²) < 4.78 is 7.38. The van der Waals surface area contributed by atoms with Crippen LogP contribution in [0, 0.1) is 0 Å². The van der Waals surface area contributed by atoms with Gasteiger partial charge in [-0.3, -0.25) is 19.1 Å². The highest BCUT2D eigenvalue weighted by atomic mass is 127. The number of hydrogen-bond donors (Lipinski definition) is 2. The molecule has 1 saturated heterocycles. The van der Waals surface area contributed by atoms with Crippen LogP contribution in [0.5, 0.6) is 0 Å². The van der Waals surface area contributed by atoms with E-state index in [0.717, 1.165) is 6.42 Å². The van der Waals surface area contributed by atoms with Crippen LogP contribution in [0.3, 0.4) is 0 Å². The van der Waals surface area contributed by atoms with Crippen molar-refractivity contribution >= 4 is 28.5 Å². The minimum Gasteiger partial charge on any atom is -0.355 e. The average molecular weight is 393 g/mol. The van der Waals surface area contributed by atoms with E-state index in [1.165, 1.54) is 17.8 Å². The summed E-state index contributed by atoms with van der Waals surface area (Å²) >= 11 is 2.29. The fourth-order valence-corrected chi connectivity index (χ4v) is 3.33. The third-order valence-electron chi connectivity index (χ3n) is 3.31. The highest BCUT2D eigenvalue weighted by Crippen LogP contribution is 2.34. The highest BCUT2D eigenvalue weighted by molar-refractivity contribution is 14.1. The van der Waals surface area contributed by atoms with E-state index in [0.29, 0.717) is 10.3 Å². The molecule has 0 aromatic carbocycles. The van der Waals surface area contributed by atoms with Crippen LogP contribution in [0.25, 0.3) is 0 Å². The van der Waals surface area contributed by atoms with Gasteiger partial charge in [0.1, 0.15) is 11.8 Å². The Morgan fingerprint density at radius 2 is 2.30 bits per heavy atom. The van der Waals surface area contributed by atoms with Crippen molar-refractivity contribution < 1.29 is 9.53 Å². The van der Waals surface area contributed by atoms with Gasteiger partial charge in [-0.1, -0.05) is 29.5 Å². The maximum Gasteiger partial charge on any atom is 0.330 e. The molecule has 2 heterocycles. The first-order chi connectivity index (χ1) is 9.47. The summed E-state index contributed by atoms with van der Waals surface area (Å²) in [4.78, 5) is 37.3. The van der Waals surface area contributed by atoms with Crippen molar-refractivity contribution in [2.45, 2.75) is 36.0 Å². The predicted octanol–water partition coefficient (Wildman–Crippen LogP) is 0.397. The molecule has 2 N–H and O–H groups in total. The van der Waals surface area contributed by atoms with E-state index in [4.69, 9.17) is 4.74 Å². The molecule has 1 fully saturated rings. The molecule has 0 saturated carbocycles. The number of carbonyl (C=O) groups is 1. The lowest BCUT2D eigenvalue weighted by Crippen LogP contribution is -2.37. The molecule has 0 radical (unpaired) electrons. The molecule has 1 aliphatic heterocycles. The molecule has 1 amide bonds. The molecule has 1 aliphatic rings. The minimum atomic E-state index is -0.693. The summed E-state index contributed by atoms with van der Waals surface area (Å²) in [6.07, 6.45) is 2.41. The first kappa shape index (κ1) is 15.2. The third kappa shape index (κ3) is 2.80. The van der Waals surface area contributed by atoms with Crippen LogP contribution < -0.4 is 16.6 Å². The second-order valence-corrected chi connectivity index (χ2v) is 6.18. The average Bonchev–Trinajstić information content (AvgIpc) is 2.79. The largest absolute Gasteiger partial charge is 0.355 e. The topological polar surface area (TPSA) is 93.2 Å². The number of rotatable bonds is 3. The second-order valence-electron chi connectivity index (χ2n) is 4.58. The fourth-order valence-electron chi connectivity index (χ4n) is 2.21. The third-order valence-corrected chi connectivity index (χ3v) is 4.62.